The van der Waals surface area contributed by atoms with E-state index in [1.807, 2.05) is 4.90 Å². The number of hydrogen-bond donors (Lipinski definition) is 1. The summed E-state index contributed by atoms with van der Waals surface area (Å²) in [6, 6.07) is 3.48. The number of aromatic carboxylic acids is 1. The van der Waals surface area contributed by atoms with Crippen LogP contribution < -0.4 is 4.90 Å². The summed E-state index contributed by atoms with van der Waals surface area (Å²) in [5.74, 6) is -1.08. The Morgan fingerprint density at radius 2 is 2.17 bits per heavy atom. The first-order valence-electron chi connectivity index (χ1n) is 7.45. The molecule has 1 aliphatic rings. The third kappa shape index (κ3) is 3.01. The Bertz CT molecular complexity index is 750. The molecule has 0 aliphatic carbocycles. The summed E-state index contributed by atoms with van der Waals surface area (Å²) in [7, 11) is 0. The lowest BCUT2D eigenvalue weighted by molar-refractivity contribution is 0.0560. The predicted octanol–water partition coefficient (Wildman–Crippen LogP) is 3.43. The van der Waals surface area contributed by atoms with Crippen molar-refractivity contribution in [2.45, 2.75) is 26.8 Å². The molecule has 1 fully saturated rings. The number of anilines is 1. The van der Waals surface area contributed by atoms with Gasteiger partial charge >= 0.3 is 5.97 Å². The van der Waals surface area contributed by atoms with E-state index in [9.17, 15) is 9.90 Å². The van der Waals surface area contributed by atoms with Gasteiger partial charge in [-0.15, -0.1) is 0 Å². The molecular weight excluding hydrogens is 320 g/mol. The van der Waals surface area contributed by atoms with Gasteiger partial charge in [0.2, 0.25) is 0 Å². The van der Waals surface area contributed by atoms with Crippen LogP contribution in [0.2, 0.25) is 5.02 Å². The number of oxazole rings is 1. The van der Waals surface area contributed by atoms with Gasteiger partial charge in [0.25, 0.3) is 6.01 Å². The molecule has 1 saturated heterocycles. The van der Waals surface area contributed by atoms with Gasteiger partial charge < -0.3 is 19.2 Å². The number of carboxylic acids is 1. The molecule has 1 aromatic heterocycles. The lowest BCUT2D eigenvalue weighted by Gasteiger charge is -2.42. The zero-order valence-electron chi connectivity index (χ0n) is 13.3. The number of carboxylic acid groups (broad SMARTS) is 1. The summed E-state index contributed by atoms with van der Waals surface area (Å²) < 4.78 is 11.4. The van der Waals surface area contributed by atoms with Crippen LogP contribution in [0.15, 0.2) is 16.5 Å². The first kappa shape index (κ1) is 16.1. The minimum absolute atomic E-state index is 0.0334. The van der Waals surface area contributed by atoms with Crippen molar-refractivity contribution in [1.82, 2.24) is 4.98 Å². The van der Waals surface area contributed by atoms with Gasteiger partial charge in [-0.05, 0) is 11.5 Å². The minimum Gasteiger partial charge on any atom is -0.478 e. The van der Waals surface area contributed by atoms with Crippen LogP contribution in [0.4, 0.5) is 6.01 Å². The van der Waals surface area contributed by atoms with Crippen LogP contribution in [0, 0.1) is 5.41 Å². The average Bonchev–Trinajstić information content (AvgIpc) is 2.88. The fraction of sp³-hybridized carbons (Fsp3) is 0.500. The van der Waals surface area contributed by atoms with Crippen molar-refractivity contribution in [3.05, 3.63) is 22.7 Å². The standard InChI is InChI=1S/C16H19ClN2O4/c1-16(2,3)12-8-22-5-4-19(12)15-18-13-10(14(20)21)6-9(17)7-11(13)23-15/h6-7,12H,4-5,8H2,1-3H3,(H,20,21)/t12-/m1/s1. The van der Waals surface area contributed by atoms with Crippen molar-refractivity contribution in [2.24, 2.45) is 5.41 Å². The van der Waals surface area contributed by atoms with E-state index < -0.39 is 5.97 Å². The first-order valence-corrected chi connectivity index (χ1v) is 7.83. The topological polar surface area (TPSA) is 75.8 Å². The van der Waals surface area contributed by atoms with Gasteiger partial charge in [0.1, 0.15) is 5.52 Å². The van der Waals surface area contributed by atoms with Crippen LogP contribution in [-0.2, 0) is 4.74 Å². The number of morpholine rings is 1. The smallest absolute Gasteiger partial charge is 0.338 e. The highest BCUT2D eigenvalue weighted by Gasteiger charge is 2.36. The molecule has 2 aromatic rings. The van der Waals surface area contributed by atoms with Crippen molar-refractivity contribution < 1.29 is 19.1 Å². The molecule has 1 aromatic carbocycles. The van der Waals surface area contributed by atoms with E-state index in [2.05, 4.69) is 25.8 Å². The van der Waals surface area contributed by atoms with Crippen LogP contribution in [-0.4, -0.2) is 41.9 Å². The Hall–Kier alpha value is -1.79. The fourth-order valence-corrected chi connectivity index (χ4v) is 3.03. The Labute approximate surface area is 139 Å². The monoisotopic (exact) mass is 338 g/mol. The Balaban J connectivity index is 2.09. The molecule has 23 heavy (non-hydrogen) atoms. The summed E-state index contributed by atoms with van der Waals surface area (Å²) in [5, 5.41) is 9.65. The molecule has 1 aliphatic heterocycles. The number of hydrogen-bond acceptors (Lipinski definition) is 5. The predicted molar refractivity (Wildman–Crippen MR) is 87.4 cm³/mol. The number of ether oxygens (including phenoxy) is 1. The zero-order valence-corrected chi connectivity index (χ0v) is 14.1. The first-order chi connectivity index (χ1) is 10.8. The summed E-state index contributed by atoms with van der Waals surface area (Å²) in [4.78, 5) is 17.9. The van der Waals surface area contributed by atoms with E-state index in [1.165, 1.54) is 6.07 Å². The number of halogens is 1. The maximum Gasteiger partial charge on any atom is 0.338 e. The lowest BCUT2D eigenvalue weighted by Crippen LogP contribution is -2.52. The van der Waals surface area contributed by atoms with Crippen molar-refractivity contribution in [1.29, 1.82) is 0 Å². The molecule has 7 heteroatoms. The maximum atomic E-state index is 11.4. The second kappa shape index (κ2) is 5.69. The quantitative estimate of drug-likeness (QED) is 0.904. The Morgan fingerprint density at radius 3 is 2.83 bits per heavy atom. The van der Waals surface area contributed by atoms with E-state index in [4.69, 9.17) is 20.8 Å². The molecule has 0 radical (unpaired) electrons. The number of carbonyl (C=O) groups is 1. The van der Waals surface area contributed by atoms with Gasteiger partial charge in [-0.25, -0.2) is 4.79 Å². The van der Waals surface area contributed by atoms with Gasteiger partial charge in [-0.1, -0.05) is 32.4 Å². The summed E-state index contributed by atoms with van der Waals surface area (Å²) >= 11 is 5.98. The molecule has 6 nitrogen and oxygen atoms in total. The van der Waals surface area contributed by atoms with Crippen molar-refractivity contribution >= 4 is 34.7 Å². The van der Waals surface area contributed by atoms with Gasteiger partial charge in [0.05, 0.1) is 24.8 Å². The fourth-order valence-electron chi connectivity index (χ4n) is 2.82. The lowest BCUT2D eigenvalue weighted by atomic mass is 9.85. The van der Waals surface area contributed by atoms with Crippen molar-refractivity contribution in [3.8, 4) is 0 Å². The van der Waals surface area contributed by atoms with Crippen LogP contribution in [0.25, 0.3) is 11.1 Å². The molecule has 1 atom stereocenters. The normalized spacial score (nSPS) is 19.3. The number of rotatable bonds is 2. The number of nitrogens with zero attached hydrogens (tertiary/aromatic N) is 2. The molecule has 1 N–H and O–H groups in total. The van der Waals surface area contributed by atoms with Gasteiger partial charge in [-0.3, -0.25) is 0 Å². The molecule has 0 unspecified atom stereocenters. The summed E-state index contributed by atoms with van der Waals surface area (Å²) in [6.07, 6.45) is 0. The summed E-state index contributed by atoms with van der Waals surface area (Å²) in [6.45, 7) is 8.18. The molecular formula is C16H19ClN2O4. The zero-order chi connectivity index (χ0) is 16.8. The van der Waals surface area contributed by atoms with Crippen molar-refractivity contribution in [2.75, 3.05) is 24.7 Å². The average molecular weight is 339 g/mol. The van der Waals surface area contributed by atoms with E-state index >= 15 is 0 Å². The highest BCUT2D eigenvalue weighted by Crippen LogP contribution is 2.34. The van der Waals surface area contributed by atoms with Crippen LogP contribution in [0.3, 0.4) is 0 Å². The third-order valence-corrected chi connectivity index (χ3v) is 4.27. The highest BCUT2D eigenvalue weighted by atomic mass is 35.5. The van der Waals surface area contributed by atoms with Crippen LogP contribution in [0.1, 0.15) is 31.1 Å². The van der Waals surface area contributed by atoms with E-state index in [-0.39, 0.29) is 17.0 Å². The van der Waals surface area contributed by atoms with E-state index in [1.54, 1.807) is 6.07 Å². The van der Waals surface area contributed by atoms with Gasteiger partial charge in [0, 0.05) is 17.6 Å². The molecule has 0 spiro atoms. The van der Waals surface area contributed by atoms with Crippen molar-refractivity contribution in [3.63, 3.8) is 0 Å². The Kier molecular flexibility index (Phi) is 3.98. The van der Waals surface area contributed by atoms with Crippen LogP contribution in [0.5, 0.6) is 0 Å². The largest absolute Gasteiger partial charge is 0.478 e. The third-order valence-electron chi connectivity index (χ3n) is 4.05. The van der Waals surface area contributed by atoms with Gasteiger partial charge in [0.15, 0.2) is 5.58 Å². The number of aromatic nitrogens is 1. The molecule has 2 heterocycles. The SMILES string of the molecule is CC(C)(C)[C@H]1COCCN1c1nc2c(C(=O)O)cc(Cl)cc2o1. The number of benzene rings is 1. The van der Waals surface area contributed by atoms with E-state index in [0.29, 0.717) is 41.9 Å². The van der Waals surface area contributed by atoms with Gasteiger partial charge in [-0.2, -0.15) is 4.98 Å². The molecule has 3 rings (SSSR count). The van der Waals surface area contributed by atoms with E-state index in [0.717, 1.165) is 0 Å². The molecule has 0 amide bonds. The minimum atomic E-state index is -1.08. The summed E-state index contributed by atoms with van der Waals surface area (Å²) in [5.41, 5.74) is 0.706. The molecule has 0 saturated carbocycles. The maximum absolute atomic E-state index is 11.4. The van der Waals surface area contributed by atoms with Crippen LogP contribution >= 0.6 is 11.6 Å². The Morgan fingerprint density at radius 1 is 1.43 bits per heavy atom. The molecule has 0 bridgehead atoms. The number of fused-ring (bicyclic) bond motifs is 1. The second-order valence-corrected chi connectivity index (χ2v) is 7.19. The molecule has 124 valence electrons. The highest BCUT2D eigenvalue weighted by molar-refractivity contribution is 6.31. The second-order valence-electron chi connectivity index (χ2n) is 6.75.